The molecule has 2 nitrogen and oxygen atoms in total. The third-order valence-electron chi connectivity index (χ3n) is 2.28. The van der Waals surface area contributed by atoms with E-state index in [2.05, 4.69) is 38.5 Å². The summed E-state index contributed by atoms with van der Waals surface area (Å²) in [6.07, 6.45) is 0. The monoisotopic (exact) mass is 403 g/mol. The lowest BCUT2D eigenvalue weighted by Crippen LogP contribution is -1.93. The molecule has 0 aliphatic rings. The van der Waals surface area contributed by atoms with Crippen LogP contribution in [0.15, 0.2) is 40.9 Å². The van der Waals surface area contributed by atoms with Crippen LogP contribution in [0.1, 0.15) is 5.56 Å². The largest absolute Gasteiger partial charge is 0.454 e. The van der Waals surface area contributed by atoms with Crippen LogP contribution in [-0.4, -0.2) is 0 Å². The molecule has 0 radical (unpaired) electrons. The van der Waals surface area contributed by atoms with Crippen LogP contribution in [0.2, 0.25) is 0 Å². The first-order valence-corrected chi connectivity index (χ1v) is 6.92. The minimum absolute atomic E-state index is 0.643. The van der Waals surface area contributed by atoms with E-state index in [9.17, 15) is 0 Å². The topological polar surface area (TPSA) is 35.2 Å². The van der Waals surface area contributed by atoms with E-state index in [1.807, 2.05) is 43.3 Å². The summed E-state index contributed by atoms with van der Waals surface area (Å²) >= 11 is 5.70. The van der Waals surface area contributed by atoms with Gasteiger partial charge in [-0.2, -0.15) is 0 Å². The molecule has 0 atom stereocenters. The van der Waals surface area contributed by atoms with Crippen molar-refractivity contribution < 1.29 is 4.74 Å². The Labute approximate surface area is 122 Å². The van der Waals surface area contributed by atoms with Crippen LogP contribution in [0.5, 0.6) is 11.5 Å². The Morgan fingerprint density at radius 1 is 1.12 bits per heavy atom. The summed E-state index contributed by atoms with van der Waals surface area (Å²) in [6.45, 7) is 2.04. The zero-order chi connectivity index (χ0) is 12.4. The van der Waals surface area contributed by atoms with Crippen molar-refractivity contribution in [1.82, 2.24) is 0 Å². The van der Waals surface area contributed by atoms with E-state index in [4.69, 9.17) is 10.5 Å². The average Bonchev–Trinajstić information content (AvgIpc) is 2.25. The fraction of sp³-hybridized carbons (Fsp3) is 0.0769. The van der Waals surface area contributed by atoms with Gasteiger partial charge in [-0.1, -0.05) is 6.07 Å². The SMILES string of the molecule is Cc1ccc(Oc2ccc(I)cc2N)c(Br)c1. The molecule has 17 heavy (non-hydrogen) atoms. The van der Waals surface area contributed by atoms with Gasteiger partial charge in [-0.25, -0.2) is 0 Å². The van der Waals surface area contributed by atoms with E-state index in [1.54, 1.807) is 0 Å². The number of nitrogen functional groups attached to an aromatic ring is 1. The molecule has 0 saturated carbocycles. The predicted molar refractivity (Wildman–Crippen MR) is 82.5 cm³/mol. The van der Waals surface area contributed by atoms with E-state index in [0.29, 0.717) is 11.4 Å². The molecule has 0 unspecified atom stereocenters. The molecule has 0 saturated heterocycles. The van der Waals surface area contributed by atoms with Gasteiger partial charge in [0.05, 0.1) is 10.2 Å². The van der Waals surface area contributed by atoms with Crippen LogP contribution < -0.4 is 10.5 Å². The van der Waals surface area contributed by atoms with Gasteiger partial charge in [0.25, 0.3) is 0 Å². The van der Waals surface area contributed by atoms with Gasteiger partial charge in [0.1, 0.15) is 11.5 Å². The highest BCUT2D eigenvalue weighted by Gasteiger charge is 2.06. The summed E-state index contributed by atoms with van der Waals surface area (Å²) in [6, 6.07) is 11.7. The molecule has 2 N–H and O–H groups in total. The Balaban J connectivity index is 2.31. The second-order valence-corrected chi connectivity index (χ2v) is 5.82. The van der Waals surface area contributed by atoms with Crippen LogP contribution in [-0.2, 0) is 0 Å². The van der Waals surface area contributed by atoms with Gasteiger partial charge in [-0.15, -0.1) is 0 Å². The molecule has 2 aromatic carbocycles. The van der Waals surface area contributed by atoms with E-state index < -0.39 is 0 Å². The molecule has 0 aromatic heterocycles. The first kappa shape index (κ1) is 12.7. The quantitative estimate of drug-likeness (QED) is 0.580. The molecule has 0 aliphatic carbocycles. The number of rotatable bonds is 2. The van der Waals surface area contributed by atoms with Gasteiger partial charge in [-0.05, 0) is 81.3 Å². The fourth-order valence-electron chi connectivity index (χ4n) is 1.42. The number of hydrogen-bond donors (Lipinski definition) is 1. The number of hydrogen-bond acceptors (Lipinski definition) is 2. The number of aryl methyl sites for hydroxylation is 1. The number of anilines is 1. The highest BCUT2D eigenvalue weighted by Crippen LogP contribution is 2.33. The Kier molecular flexibility index (Phi) is 3.93. The van der Waals surface area contributed by atoms with Crippen molar-refractivity contribution in [3.63, 3.8) is 0 Å². The summed E-state index contributed by atoms with van der Waals surface area (Å²) in [5, 5.41) is 0. The molecular formula is C13H11BrINO. The Morgan fingerprint density at radius 3 is 2.47 bits per heavy atom. The Hall–Kier alpha value is -0.750. The zero-order valence-electron chi connectivity index (χ0n) is 9.21. The molecule has 4 heteroatoms. The summed E-state index contributed by atoms with van der Waals surface area (Å²) in [4.78, 5) is 0. The molecule has 0 aliphatic heterocycles. The van der Waals surface area contributed by atoms with Gasteiger partial charge in [-0.3, -0.25) is 0 Å². The lowest BCUT2D eigenvalue weighted by molar-refractivity contribution is 0.482. The Bertz CT molecular complexity index is 508. The second-order valence-electron chi connectivity index (χ2n) is 3.72. The number of nitrogens with two attached hydrogens (primary N) is 1. The van der Waals surface area contributed by atoms with Gasteiger partial charge in [0, 0.05) is 3.57 Å². The van der Waals surface area contributed by atoms with Crippen LogP contribution in [0.3, 0.4) is 0 Å². The molecule has 0 heterocycles. The predicted octanol–water partition coefficient (Wildman–Crippen LogP) is 4.74. The number of ether oxygens (including phenoxy) is 1. The normalized spacial score (nSPS) is 10.3. The van der Waals surface area contributed by atoms with Crippen LogP contribution in [0, 0.1) is 10.5 Å². The second kappa shape index (κ2) is 5.27. The number of benzene rings is 2. The molecule has 2 aromatic rings. The maximum atomic E-state index is 5.90. The van der Waals surface area contributed by atoms with Crippen molar-refractivity contribution in [3.8, 4) is 11.5 Å². The van der Waals surface area contributed by atoms with Crippen molar-refractivity contribution in [1.29, 1.82) is 0 Å². The van der Waals surface area contributed by atoms with Crippen molar-refractivity contribution in [2.24, 2.45) is 0 Å². The summed E-state index contributed by atoms with van der Waals surface area (Å²) in [5.74, 6) is 1.44. The summed E-state index contributed by atoms with van der Waals surface area (Å²) in [7, 11) is 0. The summed E-state index contributed by atoms with van der Waals surface area (Å²) in [5.41, 5.74) is 7.73. The smallest absolute Gasteiger partial charge is 0.150 e. The van der Waals surface area contributed by atoms with E-state index in [1.165, 1.54) is 5.56 Å². The molecule has 2 rings (SSSR count). The third-order valence-corrected chi connectivity index (χ3v) is 3.57. The van der Waals surface area contributed by atoms with Gasteiger partial charge >= 0.3 is 0 Å². The first-order valence-electron chi connectivity index (χ1n) is 5.05. The first-order chi connectivity index (χ1) is 8.06. The number of halogens is 2. The van der Waals surface area contributed by atoms with Gasteiger partial charge < -0.3 is 10.5 Å². The van der Waals surface area contributed by atoms with E-state index >= 15 is 0 Å². The highest BCUT2D eigenvalue weighted by molar-refractivity contribution is 14.1. The van der Waals surface area contributed by atoms with Crippen molar-refractivity contribution >= 4 is 44.2 Å². The minimum atomic E-state index is 0.643. The van der Waals surface area contributed by atoms with Crippen molar-refractivity contribution in [3.05, 3.63) is 50.0 Å². The Morgan fingerprint density at radius 2 is 1.82 bits per heavy atom. The van der Waals surface area contributed by atoms with E-state index in [-0.39, 0.29) is 0 Å². The van der Waals surface area contributed by atoms with E-state index in [0.717, 1.165) is 13.8 Å². The third kappa shape index (κ3) is 3.13. The minimum Gasteiger partial charge on any atom is -0.454 e. The molecule has 0 spiro atoms. The van der Waals surface area contributed by atoms with Gasteiger partial charge in [0.15, 0.2) is 0 Å². The fourth-order valence-corrected chi connectivity index (χ4v) is 2.51. The summed E-state index contributed by atoms with van der Waals surface area (Å²) < 4.78 is 7.79. The average molecular weight is 404 g/mol. The van der Waals surface area contributed by atoms with Crippen LogP contribution in [0.25, 0.3) is 0 Å². The maximum absolute atomic E-state index is 5.90. The van der Waals surface area contributed by atoms with Crippen LogP contribution in [0.4, 0.5) is 5.69 Å². The van der Waals surface area contributed by atoms with Crippen molar-refractivity contribution in [2.45, 2.75) is 6.92 Å². The standard InChI is InChI=1S/C13H11BrINO/c1-8-2-4-12(10(14)6-8)17-13-5-3-9(15)7-11(13)16/h2-7H,16H2,1H3. The molecular weight excluding hydrogens is 393 g/mol. The zero-order valence-corrected chi connectivity index (χ0v) is 12.9. The van der Waals surface area contributed by atoms with Crippen molar-refractivity contribution in [2.75, 3.05) is 5.73 Å². The van der Waals surface area contributed by atoms with Crippen LogP contribution >= 0.6 is 38.5 Å². The van der Waals surface area contributed by atoms with Gasteiger partial charge in [0.2, 0.25) is 0 Å². The lowest BCUT2D eigenvalue weighted by atomic mass is 10.2. The molecule has 0 bridgehead atoms. The lowest BCUT2D eigenvalue weighted by Gasteiger charge is -2.10. The molecule has 0 amide bonds. The molecule has 88 valence electrons. The molecule has 0 fully saturated rings. The maximum Gasteiger partial charge on any atom is 0.150 e. The highest BCUT2D eigenvalue weighted by atomic mass is 127.